The van der Waals surface area contributed by atoms with Crippen LogP contribution >= 0.6 is 11.5 Å². The average molecular weight is 220 g/mol. The molecule has 1 heterocycles. The smallest absolute Gasteiger partial charge is 0.119 e. The molecule has 78 valence electrons. The van der Waals surface area contributed by atoms with Crippen molar-refractivity contribution in [1.82, 2.24) is 4.37 Å². The minimum Gasteiger partial charge on any atom is -0.489 e. The molecule has 0 saturated heterocycles. The van der Waals surface area contributed by atoms with Gasteiger partial charge >= 0.3 is 0 Å². The number of nitrogens with two attached hydrogens (primary N) is 1. The summed E-state index contributed by atoms with van der Waals surface area (Å²) < 4.78 is 9.56. The lowest BCUT2D eigenvalue weighted by molar-refractivity contribution is 0.307. The highest BCUT2D eigenvalue weighted by molar-refractivity contribution is 7.10. The molecule has 2 rings (SSSR count). The van der Waals surface area contributed by atoms with E-state index in [1.165, 1.54) is 17.1 Å². The highest BCUT2D eigenvalue weighted by Crippen LogP contribution is 2.19. The van der Waals surface area contributed by atoms with E-state index in [9.17, 15) is 0 Å². The van der Waals surface area contributed by atoms with Crippen LogP contribution in [0, 0.1) is 6.92 Å². The molecule has 0 saturated carbocycles. The van der Waals surface area contributed by atoms with Gasteiger partial charge < -0.3 is 10.5 Å². The van der Waals surface area contributed by atoms with Crippen molar-refractivity contribution in [3.05, 3.63) is 41.6 Å². The van der Waals surface area contributed by atoms with Gasteiger partial charge in [0.15, 0.2) is 0 Å². The van der Waals surface area contributed by atoms with Crippen LogP contribution in [0.4, 0.5) is 5.00 Å². The summed E-state index contributed by atoms with van der Waals surface area (Å²) in [5.74, 6) is 0.853. The Kier molecular flexibility index (Phi) is 2.87. The van der Waals surface area contributed by atoms with Crippen LogP contribution in [0.3, 0.4) is 0 Å². The Labute approximate surface area is 92.7 Å². The Morgan fingerprint density at radius 3 is 2.67 bits per heavy atom. The third-order valence-corrected chi connectivity index (χ3v) is 2.76. The zero-order valence-corrected chi connectivity index (χ0v) is 9.25. The maximum absolute atomic E-state index is 5.70. The van der Waals surface area contributed by atoms with Gasteiger partial charge in [-0.15, -0.1) is 0 Å². The predicted octanol–water partition coefficient (Wildman–Crippen LogP) is 2.61. The van der Waals surface area contributed by atoms with Gasteiger partial charge in [-0.2, -0.15) is 4.37 Å². The minimum atomic E-state index is 0.478. The van der Waals surface area contributed by atoms with Crippen LogP contribution in [0.2, 0.25) is 0 Å². The molecule has 1 aromatic heterocycles. The van der Waals surface area contributed by atoms with Crippen molar-refractivity contribution < 1.29 is 4.74 Å². The van der Waals surface area contributed by atoms with Crippen molar-refractivity contribution in [3.63, 3.8) is 0 Å². The molecule has 0 amide bonds. The van der Waals surface area contributed by atoms with E-state index < -0.39 is 0 Å². The second-order valence-electron chi connectivity index (χ2n) is 3.32. The summed E-state index contributed by atoms with van der Waals surface area (Å²) in [7, 11) is 0. The van der Waals surface area contributed by atoms with E-state index in [0.29, 0.717) is 6.61 Å². The van der Waals surface area contributed by atoms with Gasteiger partial charge in [-0.3, -0.25) is 0 Å². The zero-order chi connectivity index (χ0) is 10.7. The molecule has 3 nitrogen and oxygen atoms in total. The van der Waals surface area contributed by atoms with E-state index in [2.05, 4.69) is 4.37 Å². The summed E-state index contributed by atoms with van der Waals surface area (Å²) in [5.41, 5.74) is 7.87. The fourth-order valence-electron chi connectivity index (χ4n) is 1.17. The molecule has 2 N–H and O–H groups in total. The number of hydrogen-bond acceptors (Lipinski definition) is 4. The molecule has 2 aromatic rings. The number of nitrogen functional groups attached to an aromatic ring is 1. The second kappa shape index (κ2) is 4.31. The second-order valence-corrected chi connectivity index (χ2v) is 4.15. The van der Waals surface area contributed by atoms with Crippen LogP contribution in [0.5, 0.6) is 5.75 Å². The molecular weight excluding hydrogens is 208 g/mol. The monoisotopic (exact) mass is 220 g/mol. The summed E-state index contributed by atoms with van der Waals surface area (Å²) >= 11 is 1.29. The number of aromatic nitrogens is 1. The summed E-state index contributed by atoms with van der Waals surface area (Å²) in [6, 6.07) is 7.94. The molecule has 0 radical (unpaired) electrons. The van der Waals surface area contributed by atoms with Crippen molar-refractivity contribution >= 4 is 16.5 Å². The first-order valence-corrected chi connectivity index (χ1v) is 5.41. The van der Waals surface area contributed by atoms with E-state index >= 15 is 0 Å². The number of anilines is 1. The van der Waals surface area contributed by atoms with Crippen molar-refractivity contribution in [3.8, 4) is 5.75 Å². The largest absolute Gasteiger partial charge is 0.489 e. The number of nitrogens with zero attached hydrogens (tertiary/aromatic N) is 1. The third-order valence-electron chi connectivity index (χ3n) is 2.09. The van der Waals surface area contributed by atoms with Gasteiger partial charge in [-0.05, 0) is 30.6 Å². The Morgan fingerprint density at radius 2 is 2.07 bits per heavy atom. The lowest BCUT2D eigenvalue weighted by Gasteiger charge is -2.05. The molecule has 4 heteroatoms. The molecule has 0 atom stereocenters. The normalized spacial score (nSPS) is 10.2. The van der Waals surface area contributed by atoms with Crippen molar-refractivity contribution in [2.45, 2.75) is 13.5 Å². The van der Waals surface area contributed by atoms with Crippen molar-refractivity contribution in [1.29, 1.82) is 0 Å². The van der Waals surface area contributed by atoms with Gasteiger partial charge in [0.1, 0.15) is 17.4 Å². The number of benzene rings is 1. The highest BCUT2D eigenvalue weighted by atomic mass is 32.1. The first-order chi connectivity index (χ1) is 7.25. The number of ether oxygens (including phenoxy) is 1. The summed E-state index contributed by atoms with van der Waals surface area (Å²) in [6.45, 7) is 2.52. The Morgan fingerprint density at radius 1 is 1.33 bits per heavy atom. The Bertz CT molecular complexity index is 436. The molecule has 0 spiro atoms. The lowest BCUT2D eigenvalue weighted by Crippen LogP contribution is -1.96. The molecular formula is C11H12N2OS. The molecule has 0 unspecified atom stereocenters. The predicted molar refractivity (Wildman–Crippen MR) is 62.0 cm³/mol. The fraction of sp³-hybridized carbons (Fsp3) is 0.182. The molecule has 0 bridgehead atoms. The lowest BCUT2D eigenvalue weighted by atomic mass is 10.2. The first kappa shape index (κ1) is 9.98. The Hall–Kier alpha value is -1.55. The summed E-state index contributed by atoms with van der Waals surface area (Å²) in [6.07, 6.45) is 1.74. The highest BCUT2D eigenvalue weighted by Gasteiger charge is 2.02. The number of hydrogen-bond donors (Lipinski definition) is 1. The molecule has 1 aromatic carbocycles. The fourth-order valence-corrected chi connectivity index (χ4v) is 1.70. The van der Waals surface area contributed by atoms with E-state index in [4.69, 9.17) is 10.5 Å². The maximum Gasteiger partial charge on any atom is 0.119 e. The van der Waals surface area contributed by atoms with Gasteiger partial charge in [-0.1, -0.05) is 17.7 Å². The molecule has 0 aliphatic rings. The van der Waals surface area contributed by atoms with Crippen LogP contribution in [-0.4, -0.2) is 4.37 Å². The van der Waals surface area contributed by atoms with Crippen molar-refractivity contribution in [2.75, 3.05) is 5.73 Å². The van der Waals surface area contributed by atoms with Crippen LogP contribution in [0.1, 0.15) is 11.1 Å². The number of rotatable bonds is 3. The van der Waals surface area contributed by atoms with Crippen LogP contribution < -0.4 is 10.5 Å². The van der Waals surface area contributed by atoms with E-state index in [1.54, 1.807) is 6.20 Å². The standard InChI is InChI=1S/C11H12N2OS/c1-8-2-4-10(5-3-8)14-7-9-6-13-15-11(9)12/h2-6H,7,12H2,1H3. The van der Waals surface area contributed by atoms with Gasteiger partial charge in [-0.25, -0.2) is 0 Å². The van der Waals surface area contributed by atoms with Crippen LogP contribution in [0.15, 0.2) is 30.5 Å². The molecule has 15 heavy (non-hydrogen) atoms. The average Bonchev–Trinajstić information content (AvgIpc) is 2.63. The maximum atomic E-state index is 5.70. The third kappa shape index (κ3) is 2.47. The molecule has 0 aliphatic carbocycles. The quantitative estimate of drug-likeness (QED) is 0.865. The van der Waals surface area contributed by atoms with Crippen LogP contribution in [-0.2, 0) is 6.61 Å². The SMILES string of the molecule is Cc1ccc(OCc2cnsc2N)cc1. The van der Waals surface area contributed by atoms with Gasteiger partial charge in [0.25, 0.3) is 0 Å². The van der Waals surface area contributed by atoms with Gasteiger partial charge in [0, 0.05) is 11.8 Å². The minimum absolute atomic E-state index is 0.478. The van der Waals surface area contributed by atoms with Crippen molar-refractivity contribution in [2.24, 2.45) is 0 Å². The summed E-state index contributed by atoms with van der Waals surface area (Å²) in [4.78, 5) is 0. The first-order valence-electron chi connectivity index (χ1n) is 4.64. The topological polar surface area (TPSA) is 48.1 Å². The van der Waals surface area contributed by atoms with E-state index in [-0.39, 0.29) is 0 Å². The zero-order valence-electron chi connectivity index (χ0n) is 8.43. The van der Waals surface area contributed by atoms with E-state index in [0.717, 1.165) is 16.3 Å². The van der Waals surface area contributed by atoms with Gasteiger partial charge in [0.2, 0.25) is 0 Å². The number of aryl methyl sites for hydroxylation is 1. The Balaban J connectivity index is 1.99. The van der Waals surface area contributed by atoms with E-state index in [1.807, 2.05) is 31.2 Å². The molecule has 0 aliphatic heterocycles. The van der Waals surface area contributed by atoms with Gasteiger partial charge in [0.05, 0.1) is 0 Å². The van der Waals surface area contributed by atoms with Crippen LogP contribution in [0.25, 0.3) is 0 Å². The molecule has 0 fully saturated rings. The summed E-state index contributed by atoms with van der Waals surface area (Å²) in [5, 5.41) is 0.724.